The maximum atomic E-state index is 12.8. The normalized spacial score (nSPS) is 10.5. The average molecular weight is 341 g/mol. The van der Waals surface area contributed by atoms with Gasteiger partial charge in [-0.2, -0.15) is 0 Å². The molecule has 2 heterocycles. The number of thiazole rings is 1. The molecule has 3 rings (SSSR count). The summed E-state index contributed by atoms with van der Waals surface area (Å²) in [4.78, 5) is 20.7. The number of rotatable bonds is 6. The third-order valence-electron chi connectivity index (χ3n) is 3.43. The van der Waals surface area contributed by atoms with Crippen LogP contribution >= 0.6 is 11.3 Å². The average Bonchev–Trinajstić information content (AvgIpc) is 3.06. The largest absolute Gasteiger partial charge is 0.355 e. The predicted octanol–water partition coefficient (Wildman–Crippen LogP) is 3.25. The number of carbonyl (C=O) groups is 1. The Morgan fingerprint density at radius 1 is 1.17 bits per heavy atom. The third kappa shape index (κ3) is 4.45. The lowest BCUT2D eigenvalue weighted by atomic mass is 10.1. The first-order chi connectivity index (χ1) is 11.7. The molecule has 1 amide bonds. The quantitative estimate of drug-likeness (QED) is 0.749. The Bertz CT molecular complexity index is 803. The highest BCUT2D eigenvalue weighted by molar-refractivity contribution is 7.13. The van der Waals surface area contributed by atoms with Crippen molar-refractivity contribution in [1.29, 1.82) is 0 Å². The van der Waals surface area contributed by atoms with Gasteiger partial charge in [-0.25, -0.2) is 9.37 Å². The summed E-state index contributed by atoms with van der Waals surface area (Å²) in [6, 6.07) is 11.9. The molecule has 0 aliphatic rings. The molecular formula is C18H16FN3OS. The maximum absolute atomic E-state index is 12.8. The van der Waals surface area contributed by atoms with E-state index in [0.717, 1.165) is 22.0 Å². The third-order valence-corrected chi connectivity index (χ3v) is 4.34. The lowest BCUT2D eigenvalue weighted by Crippen LogP contribution is -2.27. The number of halogens is 1. The summed E-state index contributed by atoms with van der Waals surface area (Å²) >= 11 is 1.48. The van der Waals surface area contributed by atoms with Crippen molar-refractivity contribution in [1.82, 2.24) is 15.3 Å². The number of nitrogens with one attached hydrogen (secondary N) is 1. The number of pyridine rings is 1. The zero-order chi connectivity index (χ0) is 16.8. The van der Waals surface area contributed by atoms with Crippen LogP contribution in [0.4, 0.5) is 4.39 Å². The van der Waals surface area contributed by atoms with Crippen LogP contribution in [0.15, 0.2) is 54.0 Å². The van der Waals surface area contributed by atoms with Gasteiger partial charge >= 0.3 is 0 Å². The minimum absolute atomic E-state index is 0.0741. The summed E-state index contributed by atoms with van der Waals surface area (Å²) in [6.07, 6.45) is 2.63. The Labute approximate surface area is 143 Å². The molecule has 0 spiro atoms. The van der Waals surface area contributed by atoms with Crippen molar-refractivity contribution in [3.63, 3.8) is 0 Å². The van der Waals surface area contributed by atoms with Gasteiger partial charge in [0.05, 0.1) is 17.8 Å². The van der Waals surface area contributed by atoms with Crippen LogP contribution in [0, 0.1) is 5.82 Å². The number of amides is 1. The first-order valence-electron chi connectivity index (χ1n) is 7.57. The molecule has 3 aromatic rings. The van der Waals surface area contributed by atoms with Crippen LogP contribution in [0.2, 0.25) is 0 Å². The fraction of sp³-hybridized carbons (Fsp3) is 0.167. The zero-order valence-electron chi connectivity index (χ0n) is 12.9. The molecule has 24 heavy (non-hydrogen) atoms. The topological polar surface area (TPSA) is 54.9 Å². The SMILES string of the molecule is O=C(Cc1csc(-c2ccccn2)n1)NCCc1ccc(F)cc1. The second kappa shape index (κ2) is 7.79. The molecule has 0 bridgehead atoms. The van der Waals surface area contributed by atoms with Gasteiger partial charge in [0.2, 0.25) is 5.91 Å². The number of hydrogen-bond donors (Lipinski definition) is 1. The molecule has 1 N–H and O–H groups in total. The first kappa shape index (κ1) is 16.3. The van der Waals surface area contributed by atoms with E-state index in [1.807, 2.05) is 23.6 Å². The van der Waals surface area contributed by atoms with Crippen LogP contribution < -0.4 is 5.32 Å². The van der Waals surface area contributed by atoms with Gasteiger partial charge in [0.15, 0.2) is 0 Å². The zero-order valence-corrected chi connectivity index (χ0v) is 13.7. The second-order valence-corrected chi connectivity index (χ2v) is 6.12. The van der Waals surface area contributed by atoms with Gasteiger partial charge in [-0.05, 0) is 36.2 Å². The van der Waals surface area contributed by atoms with Crippen LogP contribution in [-0.2, 0) is 17.6 Å². The van der Waals surface area contributed by atoms with Gasteiger partial charge in [-0.3, -0.25) is 9.78 Å². The minimum atomic E-state index is -0.255. The van der Waals surface area contributed by atoms with E-state index in [4.69, 9.17) is 0 Å². The molecule has 6 heteroatoms. The van der Waals surface area contributed by atoms with E-state index in [1.165, 1.54) is 23.5 Å². The Balaban J connectivity index is 1.48. The molecule has 0 aliphatic carbocycles. The van der Waals surface area contributed by atoms with Crippen LogP contribution in [0.25, 0.3) is 10.7 Å². The lowest BCUT2D eigenvalue weighted by molar-refractivity contribution is -0.120. The van der Waals surface area contributed by atoms with Crippen LogP contribution in [0.1, 0.15) is 11.3 Å². The van der Waals surface area contributed by atoms with Crippen molar-refractivity contribution in [3.05, 3.63) is 71.1 Å². The second-order valence-electron chi connectivity index (χ2n) is 5.26. The monoisotopic (exact) mass is 341 g/mol. The highest BCUT2D eigenvalue weighted by atomic mass is 32.1. The molecule has 1 aromatic carbocycles. The minimum Gasteiger partial charge on any atom is -0.355 e. The summed E-state index contributed by atoms with van der Waals surface area (Å²) in [6.45, 7) is 0.516. The molecule has 0 aliphatic heterocycles. The van der Waals surface area contributed by atoms with Crippen molar-refractivity contribution in [3.8, 4) is 10.7 Å². The van der Waals surface area contributed by atoms with Gasteiger partial charge in [0, 0.05) is 18.1 Å². The van der Waals surface area contributed by atoms with Crippen LogP contribution in [-0.4, -0.2) is 22.4 Å². The number of benzene rings is 1. The smallest absolute Gasteiger partial charge is 0.226 e. The van der Waals surface area contributed by atoms with E-state index in [9.17, 15) is 9.18 Å². The Hall–Kier alpha value is -2.60. The standard InChI is InChI=1S/C18H16FN3OS/c19-14-6-4-13(5-7-14)8-10-21-17(23)11-15-12-24-18(22-15)16-3-1-2-9-20-16/h1-7,9,12H,8,10-11H2,(H,21,23). The van der Waals surface area contributed by atoms with Crippen molar-refractivity contribution in [2.24, 2.45) is 0 Å². The maximum Gasteiger partial charge on any atom is 0.226 e. The van der Waals surface area contributed by atoms with Gasteiger partial charge in [-0.1, -0.05) is 18.2 Å². The van der Waals surface area contributed by atoms with E-state index in [-0.39, 0.29) is 18.1 Å². The molecule has 0 fully saturated rings. The molecule has 2 aromatic heterocycles. The lowest BCUT2D eigenvalue weighted by Gasteiger charge is -2.04. The van der Waals surface area contributed by atoms with E-state index in [1.54, 1.807) is 18.3 Å². The summed E-state index contributed by atoms with van der Waals surface area (Å²) in [5, 5.41) is 5.55. The molecule has 0 radical (unpaired) electrons. The number of nitrogens with zero attached hydrogens (tertiary/aromatic N) is 2. The molecule has 122 valence electrons. The van der Waals surface area contributed by atoms with E-state index in [0.29, 0.717) is 13.0 Å². The summed E-state index contributed by atoms with van der Waals surface area (Å²) in [7, 11) is 0. The highest BCUT2D eigenvalue weighted by Crippen LogP contribution is 2.21. The molecule has 0 saturated carbocycles. The van der Waals surface area contributed by atoms with Gasteiger partial charge < -0.3 is 5.32 Å². The molecule has 0 atom stereocenters. The van der Waals surface area contributed by atoms with Gasteiger partial charge in [0.1, 0.15) is 10.8 Å². The summed E-state index contributed by atoms with van der Waals surface area (Å²) in [5.41, 5.74) is 2.54. The molecule has 0 saturated heterocycles. The van der Waals surface area contributed by atoms with E-state index in [2.05, 4.69) is 15.3 Å². The highest BCUT2D eigenvalue weighted by Gasteiger charge is 2.09. The van der Waals surface area contributed by atoms with Crippen molar-refractivity contribution in [2.45, 2.75) is 12.8 Å². The Morgan fingerprint density at radius 3 is 2.75 bits per heavy atom. The Kier molecular flexibility index (Phi) is 5.28. The van der Waals surface area contributed by atoms with Gasteiger partial charge in [0.25, 0.3) is 0 Å². The Morgan fingerprint density at radius 2 is 2.00 bits per heavy atom. The van der Waals surface area contributed by atoms with Crippen molar-refractivity contribution < 1.29 is 9.18 Å². The number of carbonyl (C=O) groups excluding carboxylic acids is 1. The van der Waals surface area contributed by atoms with E-state index >= 15 is 0 Å². The van der Waals surface area contributed by atoms with Crippen molar-refractivity contribution in [2.75, 3.05) is 6.54 Å². The van der Waals surface area contributed by atoms with Gasteiger partial charge in [-0.15, -0.1) is 11.3 Å². The fourth-order valence-electron chi connectivity index (χ4n) is 2.22. The molecule has 4 nitrogen and oxygen atoms in total. The molecular weight excluding hydrogens is 325 g/mol. The summed E-state index contributed by atoms with van der Waals surface area (Å²) < 4.78 is 12.8. The van der Waals surface area contributed by atoms with Crippen molar-refractivity contribution >= 4 is 17.2 Å². The van der Waals surface area contributed by atoms with Crippen LogP contribution in [0.5, 0.6) is 0 Å². The number of aromatic nitrogens is 2. The predicted molar refractivity (Wildman–Crippen MR) is 92.2 cm³/mol. The number of hydrogen-bond acceptors (Lipinski definition) is 4. The molecule has 0 unspecified atom stereocenters. The first-order valence-corrected chi connectivity index (χ1v) is 8.45. The van der Waals surface area contributed by atoms with Crippen LogP contribution in [0.3, 0.4) is 0 Å². The van der Waals surface area contributed by atoms with E-state index < -0.39 is 0 Å². The fourth-order valence-corrected chi connectivity index (χ4v) is 3.01. The summed E-state index contributed by atoms with van der Waals surface area (Å²) in [5.74, 6) is -0.329.